The summed E-state index contributed by atoms with van der Waals surface area (Å²) in [5, 5.41) is 10.7. The molecule has 1 heterocycles. The first-order valence-electron chi connectivity index (χ1n) is 7.58. The Labute approximate surface area is 145 Å². The fourth-order valence-electron chi connectivity index (χ4n) is 2.76. The van der Waals surface area contributed by atoms with Gasteiger partial charge in [-0.25, -0.2) is 0 Å². The normalized spacial score (nSPS) is 11.5. The highest BCUT2D eigenvalue weighted by molar-refractivity contribution is 7.98. The van der Waals surface area contributed by atoms with Gasteiger partial charge in [-0.2, -0.15) is 0 Å². The number of carbonyl (C=O) groups excluding carboxylic acids is 1. The van der Waals surface area contributed by atoms with Crippen LogP contribution in [0.5, 0.6) is 5.75 Å². The summed E-state index contributed by atoms with van der Waals surface area (Å²) in [5.74, 6) is 0.226. The van der Waals surface area contributed by atoms with Crippen molar-refractivity contribution in [2.24, 2.45) is 0 Å². The van der Waals surface area contributed by atoms with Gasteiger partial charge in [-0.05, 0) is 73.2 Å². The van der Waals surface area contributed by atoms with Gasteiger partial charge in [-0.3, -0.25) is 4.79 Å². The number of aryl methyl sites for hydroxylation is 2. The molecule has 0 aliphatic rings. The second-order valence-corrected chi connectivity index (χ2v) is 6.53. The molecule has 3 aromatic rings. The zero-order chi connectivity index (χ0) is 17.3. The molecule has 0 fully saturated rings. The predicted octanol–water partition coefficient (Wildman–Crippen LogP) is 5.37. The first kappa shape index (κ1) is 16.4. The van der Waals surface area contributed by atoms with Crippen molar-refractivity contribution in [3.63, 3.8) is 0 Å². The van der Waals surface area contributed by atoms with E-state index in [9.17, 15) is 9.90 Å². The Balaban J connectivity index is 1.95. The number of phenols is 1. The number of fused-ring (bicyclic) bond motifs is 1. The minimum Gasteiger partial charge on any atom is -0.507 e. The summed E-state index contributed by atoms with van der Waals surface area (Å²) in [6.07, 6.45) is 6.92. The molecule has 0 bridgehead atoms. The number of aromatic hydroxyl groups is 1. The summed E-state index contributed by atoms with van der Waals surface area (Å²) in [4.78, 5) is 13.6. The van der Waals surface area contributed by atoms with E-state index in [2.05, 4.69) is 0 Å². The van der Waals surface area contributed by atoms with Gasteiger partial charge in [-0.1, -0.05) is 6.08 Å². The van der Waals surface area contributed by atoms with Crippen molar-refractivity contribution < 1.29 is 14.3 Å². The third kappa shape index (κ3) is 2.97. The quantitative estimate of drug-likeness (QED) is 0.394. The van der Waals surface area contributed by atoms with Gasteiger partial charge >= 0.3 is 0 Å². The topological polar surface area (TPSA) is 50.4 Å². The summed E-state index contributed by atoms with van der Waals surface area (Å²) in [6, 6.07) is 9.29. The number of hydrogen-bond acceptors (Lipinski definition) is 4. The molecule has 0 unspecified atom stereocenters. The van der Waals surface area contributed by atoms with E-state index >= 15 is 0 Å². The molecule has 3 rings (SSSR count). The van der Waals surface area contributed by atoms with E-state index in [4.69, 9.17) is 4.42 Å². The van der Waals surface area contributed by atoms with E-state index in [1.54, 1.807) is 30.2 Å². The lowest BCUT2D eigenvalue weighted by molar-refractivity contribution is 0.104. The van der Waals surface area contributed by atoms with Crippen molar-refractivity contribution in [1.82, 2.24) is 0 Å². The molecule has 0 atom stereocenters. The van der Waals surface area contributed by atoms with Crippen LogP contribution in [0.3, 0.4) is 0 Å². The number of rotatable bonds is 4. The lowest BCUT2D eigenvalue weighted by Gasteiger charge is -2.05. The zero-order valence-corrected chi connectivity index (χ0v) is 14.6. The molecular weight excluding hydrogens is 320 g/mol. The molecule has 24 heavy (non-hydrogen) atoms. The van der Waals surface area contributed by atoms with Crippen LogP contribution in [0.2, 0.25) is 0 Å². The SMILES string of the molecule is CSc1ccc(C(=O)/C=C/c2cc(C)c(O)c(C)c2)c2ccoc12. The maximum Gasteiger partial charge on any atom is 0.186 e. The van der Waals surface area contributed by atoms with Crippen LogP contribution in [-0.2, 0) is 0 Å². The number of ketones is 1. The molecule has 2 aromatic carbocycles. The minimum atomic E-state index is -0.0718. The van der Waals surface area contributed by atoms with Gasteiger partial charge in [0.1, 0.15) is 11.3 Å². The molecule has 0 amide bonds. The van der Waals surface area contributed by atoms with Gasteiger partial charge in [0.05, 0.1) is 11.2 Å². The lowest BCUT2D eigenvalue weighted by atomic mass is 10.0. The van der Waals surface area contributed by atoms with Crippen LogP contribution in [0.25, 0.3) is 17.0 Å². The first-order chi connectivity index (χ1) is 11.5. The molecule has 0 radical (unpaired) electrons. The first-order valence-corrected chi connectivity index (χ1v) is 8.80. The van der Waals surface area contributed by atoms with Gasteiger partial charge in [0, 0.05) is 10.9 Å². The Bertz CT molecular complexity index is 928. The van der Waals surface area contributed by atoms with Gasteiger partial charge in [0.15, 0.2) is 5.78 Å². The average Bonchev–Trinajstić information content (AvgIpc) is 3.06. The Morgan fingerprint density at radius 1 is 1.17 bits per heavy atom. The number of benzene rings is 2. The van der Waals surface area contributed by atoms with Crippen molar-refractivity contribution >= 4 is 34.6 Å². The maximum absolute atomic E-state index is 12.6. The third-order valence-electron chi connectivity index (χ3n) is 4.01. The van der Waals surface area contributed by atoms with Crippen molar-refractivity contribution in [2.45, 2.75) is 18.7 Å². The molecule has 0 saturated heterocycles. The van der Waals surface area contributed by atoms with E-state index in [1.165, 1.54) is 0 Å². The summed E-state index contributed by atoms with van der Waals surface area (Å²) >= 11 is 1.59. The van der Waals surface area contributed by atoms with E-state index in [1.807, 2.05) is 50.4 Å². The standard InChI is InChI=1S/C20H18O3S/c1-12-10-14(11-13(2)19(12)22)4-6-17(21)15-5-7-18(24-3)20-16(15)8-9-23-20/h4-11,22H,1-3H3/b6-4+. The van der Waals surface area contributed by atoms with Gasteiger partial charge < -0.3 is 9.52 Å². The number of hydrogen-bond donors (Lipinski definition) is 1. The van der Waals surface area contributed by atoms with Crippen LogP contribution in [0.1, 0.15) is 27.0 Å². The highest BCUT2D eigenvalue weighted by Gasteiger charge is 2.12. The van der Waals surface area contributed by atoms with Crippen molar-refractivity contribution in [2.75, 3.05) is 6.26 Å². The molecule has 0 aliphatic heterocycles. The molecule has 1 N–H and O–H groups in total. The molecular formula is C20H18O3S. The maximum atomic E-state index is 12.6. The summed E-state index contributed by atoms with van der Waals surface area (Å²) in [5.41, 5.74) is 3.85. The van der Waals surface area contributed by atoms with Gasteiger partial charge in [-0.15, -0.1) is 11.8 Å². The second-order valence-electron chi connectivity index (χ2n) is 5.68. The lowest BCUT2D eigenvalue weighted by Crippen LogP contribution is -1.95. The number of phenolic OH excluding ortho intramolecular Hbond substituents is 1. The monoisotopic (exact) mass is 338 g/mol. The van der Waals surface area contributed by atoms with Crippen LogP contribution in [0, 0.1) is 13.8 Å². The number of furan rings is 1. The van der Waals surface area contributed by atoms with Crippen LogP contribution >= 0.6 is 11.8 Å². The highest BCUT2D eigenvalue weighted by atomic mass is 32.2. The molecule has 0 spiro atoms. The molecule has 0 saturated carbocycles. The Hall–Kier alpha value is -2.46. The fourth-order valence-corrected chi connectivity index (χ4v) is 3.31. The number of allylic oxidation sites excluding steroid dienone is 1. The molecule has 0 aliphatic carbocycles. The molecule has 3 nitrogen and oxygen atoms in total. The number of thioether (sulfide) groups is 1. The summed E-state index contributed by atoms with van der Waals surface area (Å²) in [7, 11) is 0. The summed E-state index contributed by atoms with van der Waals surface area (Å²) < 4.78 is 5.51. The smallest absolute Gasteiger partial charge is 0.186 e. The van der Waals surface area contributed by atoms with Crippen LogP contribution in [0.4, 0.5) is 0 Å². The molecule has 4 heteroatoms. The minimum absolute atomic E-state index is 0.0718. The van der Waals surface area contributed by atoms with Crippen molar-refractivity contribution in [3.8, 4) is 5.75 Å². The third-order valence-corrected chi connectivity index (χ3v) is 4.77. The molecule has 122 valence electrons. The second kappa shape index (κ2) is 6.57. The number of carbonyl (C=O) groups is 1. The Kier molecular flexibility index (Phi) is 4.49. The fraction of sp³-hybridized carbons (Fsp3) is 0.150. The predicted molar refractivity (Wildman–Crippen MR) is 98.9 cm³/mol. The van der Waals surface area contributed by atoms with Crippen LogP contribution in [0.15, 0.2) is 52.0 Å². The zero-order valence-electron chi connectivity index (χ0n) is 13.8. The van der Waals surface area contributed by atoms with Crippen LogP contribution in [-0.4, -0.2) is 17.1 Å². The average molecular weight is 338 g/mol. The van der Waals surface area contributed by atoms with E-state index in [0.717, 1.165) is 32.6 Å². The van der Waals surface area contributed by atoms with E-state index < -0.39 is 0 Å². The Morgan fingerprint density at radius 2 is 1.88 bits per heavy atom. The molecule has 1 aromatic heterocycles. The van der Waals surface area contributed by atoms with Gasteiger partial charge in [0.2, 0.25) is 0 Å². The van der Waals surface area contributed by atoms with E-state index in [-0.39, 0.29) is 5.78 Å². The largest absolute Gasteiger partial charge is 0.507 e. The van der Waals surface area contributed by atoms with Crippen molar-refractivity contribution in [1.29, 1.82) is 0 Å². The van der Waals surface area contributed by atoms with Gasteiger partial charge in [0.25, 0.3) is 0 Å². The summed E-state index contributed by atoms with van der Waals surface area (Å²) in [6.45, 7) is 3.69. The van der Waals surface area contributed by atoms with Crippen molar-refractivity contribution in [3.05, 3.63) is 64.9 Å². The van der Waals surface area contributed by atoms with Crippen LogP contribution < -0.4 is 0 Å². The van der Waals surface area contributed by atoms with E-state index in [0.29, 0.717) is 11.3 Å². The Morgan fingerprint density at radius 3 is 2.54 bits per heavy atom. The highest BCUT2D eigenvalue weighted by Crippen LogP contribution is 2.30.